The molecule has 57 heavy (non-hydrogen) atoms. The Kier molecular flexibility index (Phi) is 7.78. The highest BCUT2D eigenvalue weighted by Gasteiger charge is 2.21. The number of hydrogen-bond donors (Lipinski definition) is 0. The van der Waals surface area contributed by atoms with Crippen LogP contribution in [0.4, 0.5) is 0 Å². The van der Waals surface area contributed by atoms with Crippen LogP contribution in [0.25, 0.3) is 105 Å². The maximum atomic E-state index is 5.13. The first-order valence-electron chi connectivity index (χ1n) is 19.3. The molecule has 4 nitrogen and oxygen atoms in total. The number of benzene rings is 9. The van der Waals surface area contributed by atoms with Crippen LogP contribution in [-0.2, 0) is 0 Å². The first-order valence-corrected chi connectivity index (χ1v) is 19.3. The molecule has 11 rings (SSSR count). The summed E-state index contributed by atoms with van der Waals surface area (Å²) in [5.41, 5.74) is 10.8. The van der Waals surface area contributed by atoms with Crippen LogP contribution < -0.4 is 0 Å². The molecule has 0 radical (unpaired) electrons. The molecule has 0 N–H and O–H groups in total. The molecule has 0 spiro atoms. The Morgan fingerprint density at radius 3 is 1.44 bits per heavy atom. The fourth-order valence-electron chi connectivity index (χ4n) is 8.22. The summed E-state index contributed by atoms with van der Waals surface area (Å²) < 4.78 is 2.47. The first-order chi connectivity index (χ1) is 28.2. The van der Waals surface area contributed by atoms with Gasteiger partial charge in [-0.25, -0.2) is 15.0 Å². The Morgan fingerprint density at radius 1 is 0.298 bits per heavy atom. The van der Waals surface area contributed by atoms with Crippen LogP contribution >= 0.6 is 0 Å². The molecular weight excluding hydrogens is 693 g/mol. The summed E-state index contributed by atoms with van der Waals surface area (Å²) >= 11 is 0. The molecule has 0 amide bonds. The van der Waals surface area contributed by atoms with Crippen molar-refractivity contribution in [2.24, 2.45) is 0 Å². The van der Waals surface area contributed by atoms with Crippen molar-refractivity contribution < 1.29 is 0 Å². The highest BCUT2D eigenvalue weighted by Crippen LogP contribution is 2.42. The van der Waals surface area contributed by atoms with Crippen molar-refractivity contribution in [1.29, 1.82) is 0 Å². The van der Waals surface area contributed by atoms with Crippen molar-refractivity contribution in [1.82, 2.24) is 19.5 Å². The van der Waals surface area contributed by atoms with Gasteiger partial charge in [0.15, 0.2) is 17.5 Å². The van der Waals surface area contributed by atoms with Gasteiger partial charge in [0.2, 0.25) is 0 Å². The zero-order chi connectivity index (χ0) is 37.7. The van der Waals surface area contributed by atoms with Gasteiger partial charge in [-0.05, 0) is 63.2 Å². The van der Waals surface area contributed by atoms with E-state index < -0.39 is 0 Å². The number of hydrogen-bond acceptors (Lipinski definition) is 3. The number of fused-ring (bicyclic) bond motifs is 6. The maximum Gasteiger partial charge on any atom is 0.164 e. The number of rotatable bonds is 6. The number of nitrogens with zero attached hydrogens (tertiary/aromatic N) is 4. The number of aromatic nitrogens is 4. The fourth-order valence-corrected chi connectivity index (χ4v) is 8.22. The molecule has 0 aliphatic rings. The van der Waals surface area contributed by atoms with Crippen LogP contribution in [0, 0.1) is 0 Å². The van der Waals surface area contributed by atoms with Gasteiger partial charge in [0.1, 0.15) is 0 Å². The molecule has 0 aliphatic heterocycles. The fraction of sp³-hybridized carbons (Fsp3) is 0. The Bertz CT molecular complexity index is 3200. The average Bonchev–Trinajstić information content (AvgIpc) is 3.62. The second kappa shape index (κ2) is 13.6. The summed E-state index contributed by atoms with van der Waals surface area (Å²) in [6, 6.07) is 73.0. The molecule has 2 heterocycles. The van der Waals surface area contributed by atoms with E-state index in [1.165, 1.54) is 49.0 Å². The van der Waals surface area contributed by atoms with E-state index in [4.69, 9.17) is 15.0 Å². The van der Waals surface area contributed by atoms with E-state index in [9.17, 15) is 0 Å². The summed E-state index contributed by atoms with van der Waals surface area (Å²) in [6.45, 7) is 0. The van der Waals surface area contributed by atoms with Gasteiger partial charge in [0.05, 0.1) is 16.7 Å². The first kappa shape index (κ1) is 32.7. The van der Waals surface area contributed by atoms with Crippen LogP contribution in [0.5, 0.6) is 0 Å². The van der Waals surface area contributed by atoms with E-state index in [0.717, 1.165) is 39.0 Å². The van der Waals surface area contributed by atoms with E-state index in [1.807, 2.05) is 60.7 Å². The second-order valence-corrected chi connectivity index (χ2v) is 14.4. The van der Waals surface area contributed by atoms with Crippen molar-refractivity contribution in [2.75, 3.05) is 0 Å². The standard InChI is InChI=1S/C53H34N4/c1-4-14-35(15-5-1)36-24-26-38(27-25-36)46-33-43(53-55-51(39-17-6-2-7-18-39)54-52(56-53)40-19-8-3-9-20-40)29-31-48(46)57-49-34-42-22-11-10-21-41(42)32-47(49)45-30-28-37-16-12-13-23-44(37)50(45)57/h1-34H. The van der Waals surface area contributed by atoms with Gasteiger partial charge in [-0.2, -0.15) is 0 Å². The van der Waals surface area contributed by atoms with Crippen LogP contribution in [0.15, 0.2) is 206 Å². The third-order valence-corrected chi connectivity index (χ3v) is 11.0. The smallest absolute Gasteiger partial charge is 0.164 e. The molecule has 0 saturated heterocycles. The summed E-state index contributed by atoms with van der Waals surface area (Å²) in [6.07, 6.45) is 0. The maximum absolute atomic E-state index is 5.13. The molecule has 0 atom stereocenters. The van der Waals surface area contributed by atoms with Gasteiger partial charge >= 0.3 is 0 Å². The Morgan fingerprint density at radius 2 is 0.789 bits per heavy atom. The molecule has 4 heteroatoms. The third kappa shape index (κ3) is 5.74. The molecular formula is C53H34N4. The molecule has 266 valence electrons. The van der Waals surface area contributed by atoms with Gasteiger partial charge in [0, 0.05) is 38.4 Å². The SMILES string of the molecule is c1ccc(-c2ccc(-c3cc(-c4nc(-c5ccccc5)nc(-c5ccccc5)n4)ccc3-n3c4cc5ccccc5cc4c4ccc5ccccc5c43)cc2)cc1. The quantitative estimate of drug-likeness (QED) is 0.171. The molecule has 0 unspecified atom stereocenters. The highest BCUT2D eigenvalue weighted by atomic mass is 15.0. The zero-order valence-electron chi connectivity index (χ0n) is 30.9. The largest absolute Gasteiger partial charge is 0.308 e. The average molecular weight is 727 g/mol. The van der Waals surface area contributed by atoms with Gasteiger partial charge in [-0.15, -0.1) is 0 Å². The predicted molar refractivity (Wildman–Crippen MR) is 236 cm³/mol. The molecule has 0 fully saturated rings. The third-order valence-electron chi connectivity index (χ3n) is 11.0. The molecule has 2 aromatic heterocycles. The van der Waals surface area contributed by atoms with E-state index in [0.29, 0.717) is 17.5 Å². The topological polar surface area (TPSA) is 43.6 Å². The molecule has 9 aromatic carbocycles. The lowest BCUT2D eigenvalue weighted by atomic mass is 9.97. The minimum atomic E-state index is 0.620. The van der Waals surface area contributed by atoms with Crippen LogP contribution in [-0.4, -0.2) is 19.5 Å². The van der Waals surface area contributed by atoms with E-state index in [1.54, 1.807) is 0 Å². The van der Waals surface area contributed by atoms with Crippen LogP contribution in [0.2, 0.25) is 0 Å². The van der Waals surface area contributed by atoms with Crippen LogP contribution in [0.3, 0.4) is 0 Å². The van der Waals surface area contributed by atoms with Crippen LogP contribution in [0.1, 0.15) is 0 Å². The normalized spacial score (nSPS) is 11.5. The van der Waals surface area contributed by atoms with Gasteiger partial charge in [-0.1, -0.05) is 176 Å². The van der Waals surface area contributed by atoms with Crippen molar-refractivity contribution >= 4 is 43.4 Å². The monoisotopic (exact) mass is 726 g/mol. The lowest BCUT2D eigenvalue weighted by Crippen LogP contribution is -2.02. The summed E-state index contributed by atoms with van der Waals surface area (Å²) in [4.78, 5) is 15.2. The van der Waals surface area contributed by atoms with E-state index in [-0.39, 0.29) is 0 Å². The van der Waals surface area contributed by atoms with Crippen molar-refractivity contribution in [3.05, 3.63) is 206 Å². The summed E-state index contributed by atoms with van der Waals surface area (Å²) in [7, 11) is 0. The Hall–Kier alpha value is -7.69. The highest BCUT2D eigenvalue weighted by molar-refractivity contribution is 6.21. The molecule has 0 aliphatic carbocycles. The van der Waals surface area contributed by atoms with E-state index in [2.05, 4.69) is 150 Å². The minimum absolute atomic E-state index is 0.620. The molecule has 11 aromatic rings. The van der Waals surface area contributed by atoms with Crippen molar-refractivity contribution in [3.8, 4) is 62.1 Å². The van der Waals surface area contributed by atoms with Gasteiger partial charge in [0.25, 0.3) is 0 Å². The van der Waals surface area contributed by atoms with E-state index >= 15 is 0 Å². The molecule has 0 bridgehead atoms. The summed E-state index contributed by atoms with van der Waals surface area (Å²) in [5, 5.41) is 7.29. The second-order valence-electron chi connectivity index (χ2n) is 14.4. The Labute approximate surface area is 330 Å². The van der Waals surface area contributed by atoms with Crippen molar-refractivity contribution in [2.45, 2.75) is 0 Å². The summed E-state index contributed by atoms with van der Waals surface area (Å²) in [5.74, 6) is 1.89. The Balaban J connectivity index is 1.20. The van der Waals surface area contributed by atoms with Gasteiger partial charge in [-0.3, -0.25) is 0 Å². The zero-order valence-corrected chi connectivity index (χ0v) is 30.9. The lowest BCUT2D eigenvalue weighted by Gasteiger charge is -2.17. The minimum Gasteiger partial charge on any atom is -0.308 e. The van der Waals surface area contributed by atoms with Gasteiger partial charge < -0.3 is 4.57 Å². The molecule has 0 saturated carbocycles. The lowest BCUT2D eigenvalue weighted by molar-refractivity contribution is 1.07. The van der Waals surface area contributed by atoms with Crippen molar-refractivity contribution in [3.63, 3.8) is 0 Å². The predicted octanol–water partition coefficient (Wildman–Crippen LogP) is 13.6.